The number of para-hydroxylation sites is 1. The van der Waals surface area contributed by atoms with E-state index in [0.29, 0.717) is 6.61 Å². The van der Waals surface area contributed by atoms with Gasteiger partial charge in [0, 0.05) is 12.0 Å². The standard InChI is InChI=1S/C17H18N2O2/c1-2-21-13-9-7-12(8-10-13)15-11-16(19-18-15)14-5-3-4-6-17(14)20/h3-10,15,18,20H,2,11H2,1H3. The van der Waals surface area contributed by atoms with Crippen LogP contribution in [0.4, 0.5) is 0 Å². The van der Waals surface area contributed by atoms with E-state index in [9.17, 15) is 5.11 Å². The maximum Gasteiger partial charge on any atom is 0.124 e. The van der Waals surface area contributed by atoms with Crippen LogP contribution >= 0.6 is 0 Å². The van der Waals surface area contributed by atoms with Crippen molar-refractivity contribution in [2.24, 2.45) is 5.10 Å². The van der Waals surface area contributed by atoms with Crippen LogP contribution in [0.25, 0.3) is 0 Å². The molecule has 0 bridgehead atoms. The number of nitrogens with one attached hydrogen (secondary N) is 1. The van der Waals surface area contributed by atoms with Gasteiger partial charge in [-0.1, -0.05) is 24.3 Å². The Bertz CT molecular complexity index is 650. The minimum absolute atomic E-state index is 0.135. The molecule has 1 unspecified atom stereocenters. The lowest BCUT2D eigenvalue weighted by molar-refractivity contribution is 0.340. The monoisotopic (exact) mass is 282 g/mol. The topological polar surface area (TPSA) is 53.9 Å². The summed E-state index contributed by atoms with van der Waals surface area (Å²) in [5, 5.41) is 14.3. The predicted octanol–water partition coefficient (Wildman–Crippen LogP) is 3.23. The summed E-state index contributed by atoms with van der Waals surface area (Å²) in [6.07, 6.45) is 0.756. The first kappa shape index (κ1) is 13.5. The highest BCUT2D eigenvalue weighted by atomic mass is 16.5. The van der Waals surface area contributed by atoms with Gasteiger partial charge < -0.3 is 15.3 Å². The Morgan fingerprint density at radius 1 is 1.19 bits per heavy atom. The maximum atomic E-state index is 9.90. The Labute approximate surface area is 124 Å². The number of hydrogen-bond donors (Lipinski definition) is 2. The Hall–Kier alpha value is -2.49. The number of rotatable bonds is 4. The fourth-order valence-corrected chi connectivity index (χ4v) is 2.48. The lowest BCUT2D eigenvalue weighted by Crippen LogP contribution is -2.09. The van der Waals surface area contributed by atoms with E-state index in [-0.39, 0.29) is 11.8 Å². The molecule has 0 spiro atoms. The third-order valence-electron chi connectivity index (χ3n) is 3.56. The number of nitrogens with zero attached hydrogens (tertiary/aromatic N) is 1. The highest BCUT2D eigenvalue weighted by molar-refractivity contribution is 6.03. The Morgan fingerprint density at radius 2 is 1.95 bits per heavy atom. The summed E-state index contributed by atoms with van der Waals surface area (Å²) >= 11 is 0. The lowest BCUT2D eigenvalue weighted by Gasteiger charge is -2.11. The minimum atomic E-state index is 0.135. The summed E-state index contributed by atoms with van der Waals surface area (Å²) in [6, 6.07) is 15.5. The zero-order valence-electron chi connectivity index (χ0n) is 11.9. The second-order valence-electron chi connectivity index (χ2n) is 4.96. The first-order chi connectivity index (χ1) is 10.3. The first-order valence-corrected chi connectivity index (χ1v) is 7.11. The zero-order valence-corrected chi connectivity index (χ0v) is 11.9. The molecule has 2 N–H and O–H groups in total. The summed E-state index contributed by atoms with van der Waals surface area (Å²) in [4.78, 5) is 0. The van der Waals surface area contributed by atoms with Gasteiger partial charge in [0.2, 0.25) is 0 Å². The van der Waals surface area contributed by atoms with E-state index >= 15 is 0 Å². The van der Waals surface area contributed by atoms with Crippen molar-refractivity contribution in [1.29, 1.82) is 0 Å². The third kappa shape index (κ3) is 2.84. The number of aromatic hydroxyl groups is 1. The smallest absolute Gasteiger partial charge is 0.124 e. The molecule has 4 nitrogen and oxygen atoms in total. The van der Waals surface area contributed by atoms with Gasteiger partial charge in [0.25, 0.3) is 0 Å². The molecule has 3 rings (SSSR count). The van der Waals surface area contributed by atoms with Crippen LogP contribution in [0.1, 0.15) is 30.5 Å². The highest BCUT2D eigenvalue weighted by Gasteiger charge is 2.22. The summed E-state index contributed by atoms with van der Waals surface area (Å²) in [6.45, 7) is 2.64. The molecule has 1 heterocycles. The minimum Gasteiger partial charge on any atom is -0.507 e. The summed E-state index contributed by atoms with van der Waals surface area (Å²) in [5.41, 5.74) is 5.97. The van der Waals surface area contributed by atoms with Crippen LogP contribution in [0.15, 0.2) is 53.6 Å². The van der Waals surface area contributed by atoms with Crippen LogP contribution in [0.2, 0.25) is 0 Å². The molecule has 2 aromatic carbocycles. The fraction of sp³-hybridized carbons (Fsp3) is 0.235. The van der Waals surface area contributed by atoms with Crippen molar-refractivity contribution in [3.05, 3.63) is 59.7 Å². The third-order valence-corrected chi connectivity index (χ3v) is 3.56. The Kier molecular flexibility index (Phi) is 3.77. The molecular formula is C17H18N2O2. The van der Waals surface area contributed by atoms with E-state index in [0.717, 1.165) is 29.0 Å². The van der Waals surface area contributed by atoms with Crippen molar-refractivity contribution < 1.29 is 9.84 Å². The van der Waals surface area contributed by atoms with Crippen molar-refractivity contribution in [2.75, 3.05) is 6.61 Å². The van der Waals surface area contributed by atoms with Crippen LogP contribution in [-0.4, -0.2) is 17.4 Å². The number of ether oxygens (including phenoxy) is 1. The van der Waals surface area contributed by atoms with E-state index in [1.807, 2.05) is 49.4 Å². The number of hydrazone groups is 1. The van der Waals surface area contributed by atoms with Crippen molar-refractivity contribution in [3.63, 3.8) is 0 Å². The molecule has 0 saturated carbocycles. The van der Waals surface area contributed by atoms with Gasteiger partial charge in [0.1, 0.15) is 11.5 Å². The van der Waals surface area contributed by atoms with Gasteiger partial charge in [-0.2, -0.15) is 5.10 Å². The van der Waals surface area contributed by atoms with Crippen LogP contribution in [-0.2, 0) is 0 Å². The molecule has 0 saturated heterocycles. The molecule has 1 aliphatic rings. The van der Waals surface area contributed by atoms with Gasteiger partial charge in [-0.25, -0.2) is 0 Å². The van der Waals surface area contributed by atoms with Gasteiger partial charge in [-0.15, -0.1) is 0 Å². The second-order valence-corrected chi connectivity index (χ2v) is 4.96. The molecule has 21 heavy (non-hydrogen) atoms. The molecule has 0 aliphatic carbocycles. The van der Waals surface area contributed by atoms with Crippen molar-refractivity contribution in [2.45, 2.75) is 19.4 Å². The molecule has 0 fully saturated rings. The normalized spacial score (nSPS) is 17.2. The quantitative estimate of drug-likeness (QED) is 0.905. The predicted molar refractivity (Wildman–Crippen MR) is 82.7 cm³/mol. The Morgan fingerprint density at radius 3 is 2.67 bits per heavy atom. The molecule has 0 radical (unpaired) electrons. The van der Waals surface area contributed by atoms with Crippen molar-refractivity contribution in [1.82, 2.24) is 5.43 Å². The molecule has 0 aromatic heterocycles. The fourth-order valence-electron chi connectivity index (χ4n) is 2.48. The van der Waals surface area contributed by atoms with Gasteiger partial charge in [-0.05, 0) is 36.8 Å². The largest absolute Gasteiger partial charge is 0.507 e. The zero-order chi connectivity index (χ0) is 14.7. The molecule has 1 atom stereocenters. The van der Waals surface area contributed by atoms with Crippen LogP contribution in [0.5, 0.6) is 11.5 Å². The number of hydrogen-bond acceptors (Lipinski definition) is 4. The van der Waals surface area contributed by atoms with Crippen LogP contribution in [0.3, 0.4) is 0 Å². The van der Waals surface area contributed by atoms with Gasteiger partial charge in [0.05, 0.1) is 18.4 Å². The van der Waals surface area contributed by atoms with Gasteiger partial charge in [-0.3, -0.25) is 0 Å². The Balaban J connectivity index is 1.72. The lowest BCUT2D eigenvalue weighted by atomic mass is 9.98. The SMILES string of the molecule is CCOc1ccc(C2CC(c3ccccc3O)=NN2)cc1. The van der Waals surface area contributed by atoms with E-state index < -0.39 is 0 Å². The summed E-state index contributed by atoms with van der Waals surface area (Å²) in [7, 11) is 0. The van der Waals surface area contributed by atoms with Gasteiger partial charge >= 0.3 is 0 Å². The van der Waals surface area contributed by atoms with Gasteiger partial charge in [0.15, 0.2) is 0 Å². The number of phenols is 1. The first-order valence-electron chi connectivity index (χ1n) is 7.11. The van der Waals surface area contributed by atoms with Crippen molar-refractivity contribution in [3.8, 4) is 11.5 Å². The molecular weight excluding hydrogens is 264 g/mol. The second kappa shape index (κ2) is 5.87. The molecule has 108 valence electrons. The van der Waals surface area contributed by atoms with Crippen LogP contribution < -0.4 is 10.2 Å². The average Bonchev–Trinajstić information content (AvgIpc) is 2.98. The average molecular weight is 282 g/mol. The molecule has 2 aromatic rings. The van der Waals surface area contributed by atoms with E-state index in [1.54, 1.807) is 6.07 Å². The molecule has 4 heteroatoms. The van der Waals surface area contributed by atoms with E-state index in [4.69, 9.17) is 4.74 Å². The van der Waals surface area contributed by atoms with Crippen LogP contribution in [0, 0.1) is 0 Å². The van der Waals surface area contributed by atoms with E-state index in [2.05, 4.69) is 10.5 Å². The van der Waals surface area contributed by atoms with E-state index in [1.165, 1.54) is 0 Å². The highest BCUT2D eigenvalue weighted by Crippen LogP contribution is 2.28. The molecule has 1 aliphatic heterocycles. The summed E-state index contributed by atoms with van der Waals surface area (Å²) in [5.74, 6) is 1.14. The van der Waals surface area contributed by atoms with Crippen molar-refractivity contribution >= 4 is 5.71 Å². The molecule has 0 amide bonds. The summed E-state index contributed by atoms with van der Waals surface area (Å²) < 4.78 is 5.45. The maximum absolute atomic E-state index is 9.90. The number of phenolic OH excluding ortho intramolecular Hbond substituents is 1. The number of benzene rings is 2.